The molecular weight excluding hydrogens is 238 g/mol. The molecule has 1 heterocycles. The van der Waals surface area contributed by atoms with Crippen LogP contribution in [0.2, 0.25) is 0 Å². The van der Waals surface area contributed by atoms with E-state index in [0.717, 1.165) is 17.9 Å². The van der Waals surface area contributed by atoms with Crippen LogP contribution in [0.3, 0.4) is 0 Å². The topological polar surface area (TPSA) is 44.4 Å². The highest BCUT2D eigenvalue weighted by atomic mass is 16.1. The average Bonchev–Trinajstić information content (AvgIpc) is 2.54. The summed E-state index contributed by atoms with van der Waals surface area (Å²) in [6.07, 6.45) is 3.61. The number of likely N-dealkylation sites (tertiary alicyclic amines) is 1. The summed E-state index contributed by atoms with van der Waals surface area (Å²) in [6.45, 7) is 3.86. The van der Waals surface area contributed by atoms with Gasteiger partial charge >= 0.3 is 0 Å². The van der Waals surface area contributed by atoms with Crippen LogP contribution in [0.4, 0.5) is 11.4 Å². The largest absolute Gasteiger partial charge is 0.382 e. The molecule has 1 aliphatic heterocycles. The second-order valence-electron chi connectivity index (χ2n) is 5.34. The van der Waals surface area contributed by atoms with Gasteiger partial charge in [0, 0.05) is 24.3 Å². The molecule has 0 aromatic heterocycles. The first-order chi connectivity index (χ1) is 9.13. The fraction of sp³-hybridized carbons (Fsp3) is 0.533. The van der Waals surface area contributed by atoms with E-state index >= 15 is 0 Å². The normalized spacial score (nSPS) is 20.6. The molecule has 1 aliphatic rings. The van der Waals surface area contributed by atoms with Gasteiger partial charge in [-0.25, -0.2) is 0 Å². The van der Waals surface area contributed by atoms with Crippen molar-refractivity contribution in [1.82, 2.24) is 4.90 Å². The number of hydrogen-bond donors (Lipinski definition) is 2. The minimum absolute atomic E-state index is 0.0340. The number of amides is 1. The van der Waals surface area contributed by atoms with E-state index in [4.69, 9.17) is 0 Å². The molecule has 0 radical (unpaired) electrons. The number of nitrogens with one attached hydrogen (secondary N) is 2. The Balaban J connectivity index is 1.96. The highest BCUT2D eigenvalue weighted by molar-refractivity contribution is 5.89. The number of anilines is 2. The molecule has 104 valence electrons. The lowest BCUT2D eigenvalue weighted by atomic mass is 10.1. The van der Waals surface area contributed by atoms with Gasteiger partial charge in [-0.2, -0.15) is 0 Å². The third kappa shape index (κ3) is 4.56. The number of hydrogen-bond acceptors (Lipinski definition) is 3. The summed E-state index contributed by atoms with van der Waals surface area (Å²) >= 11 is 0. The van der Waals surface area contributed by atoms with Crippen molar-refractivity contribution >= 4 is 17.3 Å². The van der Waals surface area contributed by atoms with Crippen molar-refractivity contribution < 1.29 is 4.79 Å². The maximum absolute atomic E-state index is 11.1. The number of carbonyl (C=O) groups is 1. The Morgan fingerprint density at radius 2 is 2.05 bits per heavy atom. The molecular formula is C15H23N3O. The molecule has 2 N–H and O–H groups in total. The highest BCUT2D eigenvalue weighted by Crippen LogP contribution is 2.19. The zero-order chi connectivity index (χ0) is 13.7. The maximum Gasteiger partial charge on any atom is 0.221 e. The summed E-state index contributed by atoms with van der Waals surface area (Å²) < 4.78 is 0. The third-order valence-electron chi connectivity index (χ3n) is 3.51. The van der Waals surface area contributed by atoms with Gasteiger partial charge in [0.1, 0.15) is 0 Å². The van der Waals surface area contributed by atoms with Crippen LogP contribution in [0, 0.1) is 0 Å². The Labute approximate surface area is 115 Å². The van der Waals surface area contributed by atoms with E-state index in [0.29, 0.717) is 6.04 Å². The summed E-state index contributed by atoms with van der Waals surface area (Å²) in [5.41, 5.74) is 1.93. The van der Waals surface area contributed by atoms with Crippen LogP contribution in [0.5, 0.6) is 0 Å². The molecule has 4 heteroatoms. The van der Waals surface area contributed by atoms with E-state index in [1.165, 1.54) is 32.7 Å². The van der Waals surface area contributed by atoms with Gasteiger partial charge in [-0.05, 0) is 57.6 Å². The second kappa shape index (κ2) is 6.57. The lowest BCUT2D eigenvalue weighted by molar-refractivity contribution is -0.114. The van der Waals surface area contributed by atoms with Crippen molar-refractivity contribution in [2.75, 3.05) is 30.8 Å². The smallest absolute Gasteiger partial charge is 0.221 e. The Morgan fingerprint density at radius 3 is 2.84 bits per heavy atom. The lowest BCUT2D eigenvalue weighted by Gasteiger charge is -2.18. The van der Waals surface area contributed by atoms with Gasteiger partial charge in [-0.3, -0.25) is 4.79 Å². The van der Waals surface area contributed by atoms with E-state index in [1.807, 2.05) is 18.2 Å². The molecule has 1 aromatic rings. The molecule has 1 amide bonds. The average molecular weight is 261 g/mol. The predicted molar refractivity (Wildman–Crippen MR) is 79.5 cm³/mol. The van der Waals surface area contributed by atoms with Crippen molar-refractivity contribution in [3.63, 3.8) is 0 Å². The number of nitrogens with zero attached hydrogens (tertiary/aromatic N) is 1. The number of carbonyl (C=O) groups excluding carboxylic acids is 1. The molecule has 1 saturated heterocycles. The monoisotopic (exact) mass is 261 g/mol. The fourth-order valence-corrected chi connectivity index (χ4v) is 2.51. The van der Waals surface area contributed by atoms with Crippen LogP contribution in [-0.2, 0) is 4.79 Å². The summed E-state index contributed by atoms with van der Waals surface area (Å²) in [5.74, 6) is -0.0340. The minimum Gasteiger partial charge on any atom is -0.382 e. The van der Waals surface area contributed by atoms with Crippen LogP contribution >= 0.6 is 0 Å². The third-order valence-corrected chi connectivity index (χ3v) is 3.51. The molecule has 1 atom stereocenters. The molecule has 1 aromatic carbocycles. The first-order valence-corrected chi connectivity index (χ1v) is 6.96. The summed E-state index contributed by atoms with van der Waals surface area (Å²) in [6, 6.07) is 8.46. The zero-order valence-electron chi connectivity index (χ0n) is 11.8. The molecule has 0 bridgehead atoms. The SMILES string of the molecule is CC(=O)Nc1cccc(NC2CCCN(C)CC2)c1. The van der Waals surface area contributed by atoms with Gasteiger partial charge in [0.15, 0.2) is 0 Å². The van der Waals surface area contributed by atoms with Crippen molar-refractivity contribution in [3.05, 3.63) is 24.3 Å². The molecule has 2 rings (SSSR count). The second-order valence-corrected chi connectivity index (χ2v) is 5.34. The highest BCUT2D eigenvalue weighted by Gasteiger charge is 2.14. The van der Waals surface area contributed by atoms with Crippen LogP contribution < -0.4 is 10.6 Å². The van der Waals surface area contributed by atoms with Crippen molar-refractivity contribution in [2.24, 2.45) is 0 Å². The van der Waals surface area contributed by atoms with Crippen molar-refractivity contribution in [2.45, 2.75) is 32.2 Å². The van der Waals surface area contributed by atoms with Gasteiger partial charge in [0.05, 0.1) is 0 Å². The number of rotatable bonds is 3. The van der Waals surface area contributed by atoms with E-state index < -0.39 is 0 Å². The van der Waals surface area contributed by atoms with Crippen LogP contribution in [0.15, 0.2) is 24.3 Å². The standard InChI is InChI=1S/C15H23N3O/c1-12(19)16-14-5-3-6-15(11-14)17-13-7-4-9-18(2)10-8-13/h3,5-6,11,13,17H,4,7-10H2,1-2H3,(H,16,19). The van der Waals surface area contributed by atoms with Gasteiger partial charge in [0.25, 0.3) is 0 Å². The summed E-state index contributed by atoms with van der Waals surface area (Å²) in [5, 5.41) is 6.39. The van der Waals surface area contributed by atoms with E-state index in [-0.39, 0.29) is 5.91 Å². The first kappa shape index (κ1) is 13.9. The molecule has 1 fully saturated rings. The maximum atomic E-state index is 11.1. The zero-order valence-corrected chi connectivity index (χ0v) is 11.8. The van der Waals surface area contributed by atoms with E-state index in [9.17, 15) is 4.79 Å². The lowest BCUT2D eigenvalue weighted by Crippen LogP contribution is -2.23. The fourth-order valence-electron chi connectivity index (χ4n) is 2.51. The Bertz CT molecular complexity index is 433. The molecule has 0 saturated carbocycles. The molecule has 0 spiro atoms. The van der Waals surface area contributed by atoms with E-state index in [2.05, 4.69) is 28.6 Å². The van der Waals surface area contributed by atoms with Gasteiger partial charge < -0.3 is 15.5 Å². The molecule has 1 unspecified atom stereocenters. The first-order valence-electron chi connectivity index (χ1n) is 6.96. The van der Waals surface area contributed by atoms with Gasteiger partial charge in [-0.1, -0.05) is 6.07 Å². The summed E-state index contributed by atoms with van der Waals surface area (Å²) in [7, 11) is 2.18. The Kier molecular flexibility index (Phi) is 4.80. The van der Waals surface area contributed by atoms with Gasteiger partial charge in [-0.15, -0.1) is 0 Å². The quantitative estimate of drug-likeness (QED) is 0.879. The predicted octanol–water partition coefficient (Wildman–Crippen LogP) is 2.54. The van der Waals surface area contributed by atoms with Gasteiger partial charge in [0.2, 0.25) is 5.91 Å². The van der Waals surface area contributed by atoms with Crippen molar-refractivity contribution in [1.29, 1.82) is 0 Å². The van der Waals surface area contributed by atoms with E-state index in [1.54, 1.807) is 0 Å². The van der Waals surface area contributed by atoms with Crippen molar-refractivity contribution in [3.8, 4) is 0 Å². The molecule has 4 nitrogen and oxygen atoms in total. The molecule has 19 heavy (non-hydrogen) atoms. The Morgan fingerprint density at radius 1 is 1.26 bits per heavy atom. The Hall–Kier alpha value is -1.55. The van der Waals surface area contributed by atoms with Crippen LogP contribution in [0.25, 0.3) is 0 Å². The minimum atomic E-state index is -0.0340. The molecule has 0 aliphatic carbocycles. The van der Waals surface area contributed by atoms with Crippen LogP contribution in [0.1, 0.15) is 26.2 Å². The van der Waals surface area contributed by atoms with Crippen LogP contribution in [-0.4, -0.2) is 37.0 Å². The number of benzene rings is 1. The summed E-state index contributed by atoms with van der Waals surface area (Å²) in [4.78, 5) is 13.4.